The van der Waals surface area contributed by atoms with Crippen molar-refractivity contribution < 1.29 is 0 Å². The minimum absolute atomic E-state index is 0.457. The van der Waals surface area contributed by atoms with E-state index in [9.17, 15) is 0 Å². The standard InChI is InChI=1S/C7H9ClN2/c8-7-3-6(10)2-1-5(7)4-9/h1-3H,4,9-10H2. The van der Waals surface area contributed by atoms with E-state index in [0.717, 1.165) is 5.56 Å². The summed E-state index contributed by atoms with van der Waals surface area (Å²) in [5, 5.41) is 0.641. The lowest BCUT2D eigenvalue weighted by molar-refractivity contribution is 1.07. The van der Waals surface area contributed by atoms with Gasteiger partial charge in [0.25, 0.3) is 0 Å². The Kier molecular flexibility index (Phi) is 2.14. The van der Waals surface area contributed by atoms with Crippen LogP contribution in [0.3, 0.4) is 0 Å². The lowest BCUT2D eigenvalue weighted by atomic mass is 10.2. The SMILES string of the molecule is NCc1ccc(N)cc1Cl. The molecule has 0 amide bonds. The second-order valence-corrected chi connectivity index (χ2v) is 2.46. The molecule has 0 atom stereocenters. The van der Waals surface area contributed by atoms with Gasteiger partial charge < -0.3 is 11.5 Å². The molecule has 0 aliphatic carbocycles. The summed E-state index contributed by atoms with van der Waals surface area (Å²) in [6, 6.07) is 5.31. The molecule has 0 aliphatic heterocycles. The van der Waals surface area contributed by atoms with Crippen molar-refractivity contribution in [3.63, 3.8) is 0 Å². The summed E-state index contributed by atoms with van der Waals surface area (Å²) in [5.74, 6) is 0. The lowest BCUT2D eigenvalue weighted by Gasteiger charge is -2.00. The summed E-state index contributed by atoms with van der Waals surface area (Å²) >= 11 is 5.77. The zero-order valence-electron chi connectivity index (χ0n) is 5.47. The Morgan fingerprint density at radius 1 is 1.40 bits per heavy atom. The summed E-state index contributed by atoms with van der Waals surface area (Å²) in [4.78, 5) is 0. The Labute approximate surface area is 64.8 Å². The van der Waals surface area contributed by atoms with E-state index in [2.05, 4.69) is 0 Å². The Bertz CT molecular complexity index is 235. The molecule has 1 aromatic rings. The van der Waals surface area contributed by atoms with Gasteiger partial charge in [0.2, 0.25) is 0 Å². The Hall–Kier alpha value is -0.730. The summed E-state index contributed by atoms with van der Waals surface area (Å²) in [6.45, 7) is 0.457. The molecule has 0 fully saturated rings. The van der Waals surface area contributed by atoms with E-state index in [0.29, 0.717) is 17.3 Å². The topological polar surface area (TPSA) is 52.0 Å². The maximum atomic E-state index is 5.77. The first-order valence-electron chi connectivity index (χ1n) is 2.98. The minimum Gasteiger partial charge on any atom is -0.399 e. The van der Waals surface area contributed by atoms with Crippen molar-refractivity contribution in [3.8, 4) is 0 Å². The average Bonchev–Trinajstić information content (AvgIpc) is 1.88. The van der Waals surface area contributed by atoms with Gasteiger partial charge in [0, 0.05) is 17.3 Å². The molecule has 1 rings (SSSR count). The number of halogens is 1. The second kappa shape index (κ2) is 2.90. The quantitative estimate of drug-likeness (QED) is 0.604. The van der Waals surface area contributed by atoms with Gasteiger partial charge in [-0.2, -0.15) is 0 Å². The Balaban J connectivity index is 3.07. The zero-order valence-corrected chi connectivity index (χ0v) is 6.23. The molecule has 10 heavy (non-hydrogen) atoms. The van der Waals surface area contributed by atoms with Gasteiger partial charge in [0.05, 0.1) is 0 Å². The number of rotatable bonds is 1. The highest BCUT2D eigenvalue weighted by Gasteiger charge is 1.96. The molecule has 0 saturated heterocycles. The summed E-state index contributed by atoms with van der Waals surface area (Å²) in [5.41, 5.74) is 12.4. The molecule has 0 spiro atoms. The monoisotopic (exact) mass is 156 g/mol. The van der Waals surface area contributed by atoms with Crippen molar-refractivity contribution in [2.45, 2.75) is 6.54 Å². The molecule has 0 radical (unpaired) electrons. The molecule has 3 heteroatoms. The van der Waals surface area contributed by atoms with Crippen LogP contribution in [-0.2, 0) is 6.54 Å². The number of hydrogen-bond donors (Lipinski definition) is 2. The van der Waals surface area contributed by atoms with Crippen LogP contribution >= 0.6 is 11.6 Å². The van der Waals surface area contributed by atoms with Gasteiger partial charge in [-0.25, -0.2) is 0 Å². The molecule has 0 bridgehead atoms. The highest BCUT2D eigenvalue weighted by molar-refractivity contribution is 6.31. The van der Waals surface area contributed by atoms with Crippen LogP contribution in [0.1, 0.15) is 5.56 Å². The average molecular weight is 157 g/mol. The van der Waals surface area contributed by atoms with Crippen molar-refractivity contribution in [3.05, 3.63) is 28.8 Å². The molecule has 2 nitrogen and oxygen atoms in total. The fourth-order valence-electron chi connectivity index (χ4n) is 0.729. The van der Waals surface area contributed by atoms with Crippen molar-refractivity contribution in [1.82, 2.24) is 0 Å². The van der Waals surface area contributed by atoms with Gasteiger partial charge >= 0.3 is 0 Å². The summed E-state index contributed by atoms with van der Waals surface area (Å²) in [6.07, 6.45) is 0. The number of nitrogens with two attached hydrogens (primary N) is 2. The van der Waals surface area contributed by atoms with Crippen LogP contribution in [0.15, 0.2) is 18.2 Å². The van der Waals surface area contributed by atoms with Gasteiger partial charge in [-0.3, -0.25) is 0 Å². The van der Waals surface area contributed by atoms with Crippen molar-refractivity contribution in [2.24, 2.45) is 5.73 Å². The summed E-state index contributed by atoms with van der Waals surface area (Å²) < 4.78 is 0. The summed E-state index contributed by atoms with van der Waals surface area (Å²) in [7, 11) is 0. The van der Waals surface area contributed by atoms with Gasteiger partial charge in [0.1, 0.15) is 0 Å². The molecule has 4 N–H and O–H groups in total. The van der Waals surface area contributed by atoms with Gasteiger partial charge in [-0.05, 0) is 17.7 Å². The third-order valence-electron chi connectivity index (χ3n) is 1.30. The molecule has 0 unspecified atom stereocenters. The first-order chi connectivity index (χ1) is 4.74. The van der Waals surface area contributed by atoms with Crippen LogP contribution < -0.4 is 11.5 Å². The Morgan fingerprint density at radius 3 is 2.60 bits per heavy atom. The van der Waals surface area contributed by atoms with E-state index in [1.165, 1.54) is 0 Å². The van der Waals surface area contributed by atoms with Crippen molar-refractivity contribution >= 4 is 17.3 Å². The minimum atomic E-state index is 0.457. The second-order valence-electron chi connectivity index (χ2n) is 2.05. The predicted molar refractivity (Wildman–Crippen MR) is 43.8 cm³/mol. The first-order valence-corrected chi connectivity index (χ1v) is 3.36. The molecule has 0 aliphatic rings. The van der Waals surface area contributed by atoms with E-state index >= 15 is 0 Å². The Morgan fingerprint density at radius 2 is 2.10 bits per heavy atom. The van der Waals surface area contributed by atoms with E-state index in [4.69, 9.17) is 23.1 Å². The molecule has 0 aromatic heterocycles. The van der Waals surface area contributed by atoms with Crippen LogP contribution in [0.4, 0.5) is 5.69 Å². The van der Waals surface area contributed by atoms with Crippen LogP contribution in [0, 0.1) is 0 Å². The molecule has 0 heterocycles. The molecular formula is C7H9ClN2. The number of anilines is 1. The number of hydrogen-bond acceptors (Lipinski definition) is 2. The number of benzene rings is 1. The van der Waals surface area contributed by atoms with E-state index in [-0.39, 0.29) is 0 Å². The number of nitrogen functional groups attached to an aromatic ring is 1. The molecule has 0 saturated carbocycles. The van der Waals surface area contributed by atoms with Crippen LogP contribution in [0.25, 0.3) is 0 Å². The fraction of sp³-hybridized carbons (Fsp3) is 0.143. The largest absolute Gasteiger partial charge is 0.399 e. The van der Waals surface area contributed by atoms with Gasteiger partial charge in [-0.15, -0.1) is 0 Å². The molecular weight excluding hydrogens is 148 g/mol. The third-order valence-corrected chi connectivity index (χ3v) is 1.65. The maximum absolute atomic E-state index is 5.77. The van der Waals surface area contributed by atoms with E-state index in [1.807, 2.05) is 6.07 Å². The zero-order chi connectivity index (χ0) is 7.56. The normalized spacial score (nSPS) is 9.80. The smallest absolute Gasteiger partial charge is 0.0471 e. The fourth-order valence-corrected chi connectivity index (χ4v) is 0.995. The van der Waals surface area contributed by atoms with E-state index < -0.39 is 0 Å². The van der Waals surface area contributed by atoms with Crippen LogP contribution in [-0.4, -0.2) is 0 Å². The predicted octanol–water partition coefficient (Wildman–Crippen LogP) is 1.38. The molecule has 1 aromatic carbocycles. The first kappa shape index (κ1) is 7.38. The highest BCUT2D eigenvalue weighted by Crippen LogP contribution is 2.17. The highest BCUT2D eigenvalue weighted by atomic mass is 35.5. The third kappa shape index (κ3) is 1.40. The van der Waals surface area contributed by atoms with E-state index in [1.54, 1.807) is 12.1 Å². The lowest BCUT2D eigenvalue weighted by Crippen LogP contribution is -1.97. The maximum Gasteiger partial charge on any atom is 0.0471 e. The van der Waals surface area contributed by atoms with Crippen LogP contribution in [0.2, 0.25) is 5.02 Å². The van der Waals surface area contributed by atoms with Crippen LogP contribution in [0.5, 0.6) is 0 Å². The van der Waals surface area contributed by atoms with Gasteiger partial charge in [-0.1, -0.05) is 17.7 Å². The van der Waals surface area contributed by atoms with Crippen molar-refractivity contribution in [1.29, 1.82) is 0 Å². The van der Waals surface area contributed by atoms with Gasteiger partial charge in [0.15, 0.2) is 0 Å². The molecule has 54 valence electrons. The van der Waals surface area contributed by atoms with Crippen molar-refractivity contribution in [2.75, 3.05) is 5.73 Å².